The van der Waals surface area contributed by atoms with Crippen LogP contribution in [0.3, 0.4) is 0 Å². The quantitative estimate of drug-likeness (QED) is 0.527. The fraction of sp³-hybridized carbons (Fsp3) is 0.462. The molecule has 0 aromatic heterocycles. The smallest absolute Gasteiger partial charge is 0.239 e. The van der Waals surface area contributed by atoms with Crippen LogP contribution in [0.25, 0.3) is 0 Å². The van der Waals surface area contributed by atoms with E-state index in [1.807, 2.05) is 0 Å². The highest BCUT2D eigenvalue weighted by molar-refractivity contribution is 7.89. The average Bonchev–Trinajstić information content (AvgIpc) is 2.42. The summed E-state index contributed by atoms with van der Waals surface area (Å²) < 4.78 is 23.0. The van der Waals surface area contributed by atoms with Crippen molar-refractivity contribution >= 4 is 27.4 Å². The Bertz CT molecular complexity index is 665. The zero-order chi connectivity index (χ0) is 16.3. The number of nitrogens with two attached hydrogens (primary N) is 2. The highest BCUT2D eigenvalue weighted by Crippen LogP contribution is 2.23. The van der Waals surface area contributed by atoms with Crippen LogP contribution in [-0.4, -0.2) is 44.9 Å². The minimum Gasteiger partial charge on any atom is -0.317 e. The number of primary sulfonamides is 1. The second-order valence-corrected chi connectivity index (χ2v) is 7.14. The Morgan fingerprint density at radius 2 is 2.09 bits per heavy atom. The predicted molar refractivity (Wildman–Crippen MR) is 83.9 cm³/mol. The SMILES string of the molecule is NN1CCCNCCC1C(=O)c1ccc(Cl)c(S(N)(=O)=O)c1. The first-order valence-corrected chi connectivity index (χ1v) is 8.82. The molecule has 2 rings (SSSR count). The molecule has 9 heteroatoms. The van der Waals surface area contributed by atoms with Crippen molar-refractivity contribution in [2.75, 3.05) is 19.6 Å². The molecular weight excluding hydrogens is 328 g/mol. The third-order valence-corrected chi connectivity index (χ3v) is 4.98. The molecule has 0 spiro atoms. The highest BCUT2D eigenvalue weighted by atomic mass is 35.5. The van der Waals surface area contributed by atoms with Crippen LogP contribution in [0.2, 0.25) is 5.02 Å². The second kappa shape index (κ2) is 7.03. The van der Waals surface area contributed by atoms with Gasteiger partial charge in [0.05, 0.1) is 11.1 Å². The monoisotopic (exact) mass is 346 g/mol. The summed E-state index contributed by atoms with van der Waals surface area (Å²) in [4.78, 5) is 12.4. The Labute approximate surface area is 134 Å². The summed E-state index contributed by atoms with van der Waals surface area (Å²) >= 11 is 5.83. The molecule has 5 N–H and O–H groups in total. The molecule has 1 fully saturated rings. The van der Waals surface area contributed by atoms with Crippen LogP contribution in [0.1, 0.15) is 23.2 Å². The average molecular weight is 347 g/mol. The molecule has 1 heterocycles. The van der Waals surface area contributed by atoms with E-state index < -0.39 is 16.1 Å². The van der Waals surface area contributed by atoms with Gasteiger partial charge in [0, 0.05) is 12.1 Å². The number of hydrazine groups is 1. The zero-order valence-electron chi connectivity index (χ0n) is 12.0. The molecule has 0 aliphatic carbocycles. The van der Waals surface area contributed by atoms with Crippen LogP contribution in [0.5, 0.6) is 0 Å². The Kier molecular flexibility index (Phi) is 5.54. The lowest BCUT2D eigenvalue weighted by Gasteiger charge is -2.28. The number of halogens is 1. The lowest BCUT2D eigenvalue weighted by atomic mass is 10.00. The Morgan fingerprint density at radius 1 is 1.36 bits per heavy atom. The van der Waals surface area contributed by atoms with E-state index in [2.05, 4.69) is 5.32 Å². The molecule has 0 amide bonds. The van der Waals surface area contributed by atoms with Gasteiger partial charge < -0.3 is 5.32 Å². The van der Waals surface area contributed by atoms with Crippen molar-refractivity contribution in [2.24, 2.45) is 11.0 Å². The van der Waals surface area contributed by atoms with Crippen molar-refractivity contribution in [3.63, 3.8) is 0 Å². The molecule has 0 radical (unpaired) electrons. The molecule has 1 aliphatic heterocycles. The number of ketones is 1. The van der Waals surface area contributed by atoms with Crippen molar-refractivity contribution in [3.8, 4) is 0 Å². The minimum atomic E-state index is -3.99. The van der Waals surface area contributed by atoms with E-state index in [4.69, 9.17) is 22.6 Å². The van der Waals surface area contributed by atoms with E-state index in [0.29, 0.717) is 19.5 Å². The van der Waals surface area contributed by atoms with Gasteiger partial charge in [-0.2, -0.15) is 0 Å². The van der Waals surface area contributed by atoms with Gasteiger partial charge in [-0.1, -0.05) is 11.6 Å². The third kappa shape index (κ3) is 4.03. The van der Waals surface area contributed by atoms with Crippen LogP contribution >= 0.6 is 11.6 Å². The number of nitrogens with one attached hydrogen (secondary N) is 1. The summed E-state index contributed by atoms with van der Waals surface area (Å²) in [5, 5.41) is 9.82. The predicted octanol–water partition coefficient (Wildman–Crippen LogP) is 0.0978. The lowest BCUT2D eigenvalue weighted by Crippen LogP contribution is -2.49. The van der Waals surface area contributed by atoms with Gasteiger partial charge in [-0.3, -0.25) is 10.6 Å². The summed E-state index contributed by atoms with van der Waals surface area (Å²) in [6.45, 7) is 2.10. The van der Waals surface area contributed by atoms with Gasteiger partial charge in [0.2, 0.25) is 10.0 Å². The maximum absolute atomic E-state index is 12.6. The second-order valence-electron chi connectivity index (χ2n) is 5.20. The molecule has 22 heavy (non-hydrogen) atoms. The summed E-state index contributed by atoms with van der Waals surface area (Å²) in [6, 6.07) is 3.54. The maximum atomic E-state index is 12.6. The molecule has 1 unspecified atom stereocenters. The molecule has 122 valence electrons. The molecule has 1 aromatic carbocycles. The van der Waals surface area contributed by atoms with Gasteiger partial charge >= 0.3 is 0 Å². The maximum Gasteiger partial charge on any atom is 0.239 e. The summed E-state index contributed by atoms with van der Waals surface area (Å²) in [7, 11) is -3.99. The molecule has 7 nitrogen and oxygen atoms in total. The third-order valence-electron chi connectivity index (χ3n) is 3.59. The van der Waals surface area contributed by atoms with E-state index in [1.54, 1.807) is 0 Å². The van der Waals surface area contributed by atoms with Gasteiger partial charge in [0.25, 0.3) is 0 Å². The number of carbonyl (C=O) groups is 1. The Balaban J connectivity index is 2.32. The van der Waals surface area contributed by atoms with Crippen LogP contribution < -0.4 is 16.3 Å². The first-order valence-electron chi connectivity index (χ1n) is 6.89. The fourth-order valence-corrected chi connectivity index (χ4v) is 3.49. The first-order chi connectivity index (χ1) is 10.3. The standard InChI is InChI=1S/C13H19ClN4O3S/c14-10-3-2-9(8-12(10)22(16,20)21)13(19)11-4-6-17-5-1-7-18(11)15/h2-3,8,11,17H,1,4-7,15H2,(H2,16,20,21). The molecule has 1 atom stereocenters. The first kappa shape index (κ1) is 17.3. The van der Waals surface area contributed by atoms with E-state index in [0.717, 1.165) is 13.0 Å². The van der Waals surface area contributed by atoms with E-state index in [1.165, 1.54) is 23.2 Å². The highest BCUT2D eigenvalue weighted by Gasteiger charge is 2.27. The van der Waals surface area contributed by atoms with Crippen molar-refractivity contribution in [1.29, 1.82) is 0 Å². The van der Waals surface area contributed by atoms with Gasteiger partial charge in [0.15, 0.2) is 5.78 Å². The summed E-state index contributed by atoms with van der Waals surface area (Å²) in [5.41, 5.74) is 0.231. The lowest BCUT2D eigenvalue weighted by molar-refractivity contribution is 0.0790. The number of hydrogen-bond acceptors (Lipinski definition) is 6. The Morgan fingerprint density at radius 3 is 2.77 bits per heavy atom. The number of sulfonamides is 1. The van der Waals surface area contributed by atoms with Crippen molar-refractivity contribution < 1.29 is 13.2 Å². The molecule has 1 aliphatic rings. The fourth-order valence-electron chi connectivity index (χ4n) is 2.42. The molecule has 1 aromatic rings. The topological polar surface area (TPSA) is 119 Å². The van der Waals surface area contributed by atoms with Gasteiger partial charge in [-0.05, 0) is 44.1 Å². The van der Waals surface area contributed by atoms with Gasteiger partial charge in [0.1, 0.15) is 4.90 Å². The van der Waals surface area contributed by atoms with Crippen molar-refractivity contribution in [1.82, 2.24) is 10.3 Å². The summed E-state index contributed by atoms with van der Waals surface area (Å²) in [6.07, 6.45) is 1.38. The molecule has 0 bridgehead atoms. The number of carbonyl (C=O) groups excluding carboxylic acids is 1. The van der Waals surface area contributed by atoms with Crippen LogP contribution in [0.15, 0.2) is 23.1 Å². The number of hydrogen-bond donors (Lipinski definition) is 3. The number of rotatable bonds is 3. The van der Waals surface area contributed by atoms with E-state index in [9.17, 15) is 13.2 Å². The Hall–Kier alpha value is -1.03. The van der Waals surface area contributed by atoms with Crippen molar-refractivity contribution in [2.45, 2.75) is 23.8 Å². The number of benzene rings is 1. The number of nitrogens with zero attached hydrogens (tertiary/aromatic N) is 1. The minimum absolute atomic E-state index is 0.0111. The molecule has 1 saturated heterocycles. The van der Waals surface area contributed by atoms with E-state index in [-0.39, 0.29) is 21.3 Å². The zero-order valence-corrected chi connectivity index (χ0v) is 13.5. The van der Waals surface area contributed by atoms with Gasteiger partial charge in [-0.25, -0.2) is 18.6 Å². The number of Topliss-reactive ketones (excluding diaryl/α,β-unsaturated/α-hetero) is 1. The van der Waals surface area contributed by atoms with Crippen LogP contribution in [0, 0.1) is 0 Å². The molecule has 0 saturated carbocycles. The van der Waals surface area contributed by atoms with Gasteiger partial charge in [-0.15, -0.1) is 0 Å². The van der Waals surface area contributed by atoms with Crippen molar-refractivity contribution in [3.05, 3.63) is 28.8 Å². The molecular formula is C13H19ClN4O3S. The summed E-state index contributed by atoms with van der Waals surface area (Å²) in [5.74, 6) is 5.71. The normalized spacial score (nSPS) is 21.1. The largest absolute Gasteiger partial charge is 0.317 e. The van der Waals surface area contributed by atoms with Crippen LogP contribution in [0.4, 0.5) is 0 Å². The van der Waals surface area contributed by atoms with E-state index >= 15 is 0 Å². The van der Waals surface area contributed by atoms with Crippen LogP contribution in [-0.2, 0) is 10.0 Å².